The van der Waals surface area contributed by atoms with E-state index in [4.69, 9.17) is 15.2 Å². The molecule has 1 aliphatic carbocycles. The van der Waals surface area contributed by atoms with Gasteiger partial charge in [0, 0.05) is 10.4 Å². The second kappa shape index (κ2) is 7.30. The lowest BCUT2D eigenvalue weighted by atomic mass is 9.70. The van der Waals surface area contributed by atoms with Gasteiger partial charge in [-0.25, -0.2) is 0 Å². The maximum atomic E-state index is 12.7. The number of amides is 1. The zero-order valence-corrected chi connectivity index (χ0v) is 18.7. The highest BCUT2D eigenvalue weighted by molar-refractivity contribution is 9.10. The number of aromatic nitrogens is 1. The maximum absolute atomic E-state index is 12.7. The van der Waals surface area contributed by atoms with Crippen LogP contribution in [0.3, 0.4) is 0 Å². The Kier molecular flexibility index (Phi) is 4.77. The van der Waals surface area contributed by atoms with Crippen LogP contribution >= 0.6 is 15.9 Å². The SMILES string of the molecule is COc1cncc2c1[C@]1(O)[C@H](O)[C@H](C(N)=O)[C@@H](c3ccccc3)[C@]1(c1ccc(Br)cc1)O2. The number of aliphatic hydroxyl groups is 2. The van der Waals surface area contributed by atoms with Crippen molar-refractivity contribution >= 4 is 21.8 Å². The van der Waals surface area contributed by atoms with Crippen molar-refractivity contribution in [2.24, 2.45) is 11.7 Å². The van der Waals surface area contributed by atoms with E-state index in [2.05, 4.69) is 20.9 Å². The molecule has 5 atom stereocenters. The minimum absolute atomic E-state index is 0.245. The normalized spacial score (nSPS) is 30.3. The number of fused-ring (bicyclic) bond motifs is 3. The number of nitrogens with zero attached hydrogens (tertiary/aromatic N) is 1. The molecule has 0 unspecified atom stereocenters. The number of aliphatic hydroxyl groups excluding tert-OH is 1. The average Bonchev–Trinajstić information content (AvgIpc) is 3.18. The number of hydrogen-bond donors (Lipinski definition) is 3. The standard InChI is InChI=1S/C24H21BrN2O5/c1-31-16-11-27-12-17-20(16)23(30)21(28)18(22(26)29)19(13-5-3-2-4-6-13)24(23,32-17)14-7-9-15(25)10-8-14/h2-12,18-19,21,28,30H,1H3,(H2,26,29)/t18-,19-,21-,23+,24+/m1/s1. The zero-order valence-electron chi connectivity index (χ0n) is 17.1. The molecule has 1 fully saturated rings. The number of carbonyl (C=O) groups is 1. The molecule has 1 aliphatic heterocycles. The van der Waals surface area contributed by atoms with E-state index in [1.165, 1.54) is 19.5 Å². The van der Waals surface area contributed by atoms with Crippen LogP contribution in [0.5, 0.6) is 11.5 Å². The van der Waals surface area contributed by atoms with Crippen LogP contribution in [0, 0.1) is 5.92 Å². The number of hydrogen-bond acceptors (Lipinski definition) is 6. The fraction of sp³-hybridized carbons (Fsp3) is 0.250. The summed E-state index contributed by atoms with van der Waals surface area (Å²) in [5, 5.41) is 23.9. The third-order valence-electron chi connectivity index (χ3n) is 6.64. The lowest BCUT2D eigenvalue weighted by Gasteiger charge is -2.40. The zero-order chi connectivity index (χ0) is 22.7. The summed E-state index contributed by atoms with van der Waals surface area (Å²) in [6, 6.07) is 16.4. The smallest absolute Gasteiger partial charge is 0.224 e. The Labute approximate surface area is 192 Å². The molecule has 2 aromatic carbocycles. The summed E-state index contributed by atoms with van der Waals surface area (Å²) < 4.78 is 12.8. The van der Waals surface area contributed by atoms with Crippen LogP contribution in [0.1, 0.15) is 22.6 Å². The molecular formula is C24H21BrN2O5. The van der Waals surface area contributed by atoms with Gasteiger partial charge >= 0.3 is 0 Å². The Morgan fingerprint density at radius 1 is 1.16 bits per heavy atom. The highest BCUT2D eigenvalue weighted by atomic mass is 79.9. The largest absolute Gasteiger partial charge is 0.495 e. The van der Waals surface area contributed by atoms with Crippen molar-refractivity contribution in [3.63, 3.8) is 0 Å². The van der Waals surface area contributed by atoms with Crippen LogP contribution in [-0.2, 0) is 16.0 Å². The molecule has 7 nitrogen and oxygen atoms in total. The summed E-state index contributed by atoms with van der Waals surface area (Å²) in [5.41, 5.74) is 3.74. The van der Waals surface area contributed by atoms with Gasteiger partial charge in [0.2, 0.25) is 5.91 Å². The van der Waals surface area contributed by atoms with Crippen molar-refractivity contribution in [2.45, 2.75) is 23.2 Å². The first kappa shape index (κ1) is 20.9. The Balaban J connectivity index is 1.89. The van der Waals surface area contributed by atoms with E-state index in [9.17, 15) is 15.0 Å². The number of rotatable bonds is 4. The van der Waals surface area contributed by atoms with E-state index in [0.717, 1.165) is 4.47 Å². The molecular weight excluding hydrogens is 476 g/mol. The summed E-state index contributed by atoms with van der Waals surface area (Å²) in [6.45, 7) is 0. The highest BCUT2D eigenvalue weighted by Crippen LogP contribution is 2.69. The molecule has 3 aromatic rings. The molecule has 0 radical (unpaired) electrons. The van der Waals surface area contributed by atoms with Gasteiger partial charge in [-0.15, -0.1) is 0 Å². The van der Waals surface area contributed by atoms with Gasteiger partial charge in [0.05, 0.1) is 31.0 Å². The van der Waals surface area contributed by atoms with Crippen molar-refractivity contribution in [2.75, 3.05) is 7.11 Å². The van der Waals surface area contributed by atoms with Crippen molar-refractivity contribution in [1.82, 2.24) is 4.98 Å². The summed E-state index contributed by atoms with van der Waals surface area (Å²) in [4.78, 5) is 16.9. The molecule has 8 heteroatoms. The fourth-order valence-corrected chi connectivity index (χ4v) is 5.67. The summed E-state index contributed by atoms with van der Waals surface area (Å²) in [7, 11) is 1.45. The van der Waals surface area contributed by atoms with Crippen molar-refractivity contribution in [3.05, 3.63) is 88.2 Å². The molecule has 1 saturated carbocycles. The predicted molar refractivity (Wildman–Crippen MR) is 119 cm³/mol. The summed E-state index contributed by atoms with van der Waals surface area (Å²) >= 11 is 3.44. The number of halogens is 1. The van der Waals surface area contributed by atoms with Gasteiger partial charge in [0.1, 0.15) is 17.6 Å². The van der Waals surface area contributed by atoms with E-state index in [-0.39, 0.29) is 17.1 Å². The number of pyridine rings is 1. The van der Waals surface area contributed by atoms with Gasteiger partial charge in [-0.1, -0.05) is 58.4 Å². The molecule has 1 aromatic heterocycles. The van der Waals surface area contributed by atoms with Crippen molar-refractivity contribution in [3.8, 4) is 11.5 Å². The molecule has 0 saturated heterocycles. The van der Waals surface area contributed by atoms with E-state index in [0.29, 0.717) is 11.1 Å². The minimum atomic E-state index is -2.04. The molecule has 4 N–H and O–H groups in total. The summed E-state index contributed by atoms with van der Waals surface area (Å²) in [5.74, 6) is -2.13. The van der Waals surface area contributed by atoms with Gasteiger partial charge < -0.3 is 25.4 Å². The Bertz CT molecular complexity index is 1190. The van der Waals surface area contributed by atoms with Crippen LogP contribution < -0.4 is 15.2 Å². The van der Waals surface area contributed by atoms with E-state index in [1.54, 1.807) is 12.1 Å². The van der Waals surface area contributed by atoms with Crippen LogP contribution in [0.15, 0.2) is 71.5 Å². The topological polar surface area (TPSA) is 115 Å². The van der Waals surface area contributed by atoms with E-state index >= 15 is 0 Å². The number of carbonyl (C=O) groups excluding carboxylic acids is 1. The van der Waals surface area contributed by atoms with Gasteiger partial charge in [0.15, 0.2) is 11.2 Å². The first-order valence-corrected chi connectivity index (χ1v) is 10.9. The molecule has 2 aliphatic rings. The lowest BCUT2D eigenvalue weighted by Crippen LogP contribution is -2.52. The molecule has 32 heavy (non-hydrogen) atoms. The van der Waals surface area contributed by atoms with Crippen molar-refractivity contribution in [1.29, 1.82) is 0 Å². The number of primary amides is 1. The predicted octanol–water partition coefficient (Wildman–Crippen LogP) is 2.59. The minimum Gasteiger partial charge on any atom is -0.495 e. The molecule has 2 heterocycles. The number of benzene rings is 2. The first-order chi connectivity index (χ1) is 15.4. The quantitative estimate of drug-likeness (QED) is 0.511. The Hall–Kier alpha value is -2.94. The second-order valence-electron chi connectivity index (χ2n) is 8.09. The third kappa shape index (κ3) is 2.54. The molecule has 164 valence electrons. The molecule has 0 spiro atoms. The maximum Gasteiger partial charge on any atom is 0.224 e. The van der Waals surface area contributed by atoms with Crippen LogP contribution in [0.2, 0.25) is 0 Å². The van der Waals surface area contributed by atoms with Gasteiger partial charge in [-0.05, 0) is 23.3 Å². The molecule has 1 amide bonds. The second-order valence-corrected chi connectivity index (χ2v) is 9.00. The van der Waals surface area contributed by atoms with Gasteiger partial charge in [-0.3, -0.25) is 9.78 Å². The van der Waals surface area contributed by atoms with E-state index in [1.807, 2.05) is 42.5 Å². The monoisotopic (exact) mass is 496 g/mol. The van der Waals surface area contributed by atoms with Gasteiger partial charge in [0.25, 0.3) is 0 Å². The van der Waals surface area contributed by atoms with Crippen LogP contribution in [0.25, 0.3) is 0 Å². The van der Waals surface area contributed by atoms with E-state index < -0.39 is 35.0 Å². The summed E-state index contributed by atoms with van der Waals surface area (Å²) in [6.07, 6.45) is 1.36. The average molecular weight is 497 g/mol. The highest BCUT2D eigenvalue weighted by Gasteiger charge is 2.77. The first-order valence-electron chi connectivity index (χ1n) is 10.1. The Morgan fingerprint density at radius 3 is 2.47 bits per heavy atom. The Morgan fingerprint density at radius 2 is 1.84 bits per heavy atom. The van der Waals surface area contributed by atoms with Crippen LogP contribution in [0.4, 0.5) is 0 Å². The van der Waals surface area contributed by atoms with Gasteiger partial charge in [-0.2, -0.15) is 0 Å². The molecule has 5 rings (SSSR count). The number of nitrogens with two attached hydrogens (primary N) is 1. The number of ether oxygens (including phenoxy) is 2. The molecule has 0 bridgehead atoms. The van der Waals surface area contributed by atoms with Crippen LogP contribution in [-0.4, -0.2) is 34.3 Å². The number of methoxy groups -OCH3 is 1. The lowest BCUT2D eigenvalue weighted by molar-refractivity contribution is -0.154. The third-order valence-corrected chi connectivity index (χ3v) is 7.17. The van der Waals surface area contributed by atoms with Crippen molar-refractivity contribution < 1.29 is 24.5 Å². The fourth-order valence-electron chi connectivity index (χ4n) is 5.41.